The van der Waals surface area contributed by atoms with Crippen molar-refractivity contribution in [2.75, 3.05) is 0 Å². The number of hydrogen-bond donors (Lipinski definition) is 1. The van der Waals surface area contributed by atoms with Gasteiger partial charge in [-0.2, -0.15) is 5.10 Å². The lowest BCUT2D eigenvalue weighted by molar-refractivity contribution is 0.0949. The summed E-state index contributed by atoms with van der Waals surface area (Å²) in [5, 5.41) is 11.9. The average Bonchev–Trinajstić information content (AvgIpc) is 3.30. The van der Waals surface area contributed by atoms with Crippen molar-refractivity contribution >= 4 is 17.5 Å². The van der Waals surface area contributed by atoms with Crippen LogP contribution in [0.2, 0.25) is 5.02 Å². The predicted octanol–water partition coefficient (Wildman–Crippen LogP) is 4.03. The first kappa shape index (κ1) is 18.9. The van der Waals surface area contributed by atoms with Crippen molar-refractivity contribution < 1.29 is 9.32 Å². The molecule has 0 saturated carbocycles. The van der Waals surface area contributed by atoms with E-state index < -0.39 is 0 Å². The maximum Gasteiger partial charge on any atom is 0.257 e. The van der Waals surface area contributed by atoms with E-state index in [1.165, 1.54) is 0 Å². The molecule has 4 rings (SSSR count). The number of aryl methyl sites for hydroxylation is 2. The molecular formula is C21H18ClN5O2. The molecule has 0 radical (unpaired) electrons. The Morgan fingerprint density at radius 3 is 2.72 bits per heavy atom. The average molecular weight is 408 g/mol. The van der Waals surface area contributed by atoms with Gasteiger partial charge in [-0.1, -0.05) is 41.0 Å². The lowest BCUT2D eigenvalue weighted by Gasteiger charge is -2.07. The van der Waals surface area contributed by atoms with Crippen molar-refractivity contribution in [3.05, 3.63) is 76.8 Å². The molecule has 0 atom stereocenters. The second kappa shape index (κ2) is 7.89. The molecule has 8 heteroatoms. The highest BCUT2D eigenvalue weighted by atomic mass is 35.5. The van der Waals surface area contributed by atoms with Gasteiger partial charge in [0.05, 0.1) is 23.0 Å². The van der Waals surface area contributed by atoms with Gasteiger partial charge in [0.1, 0.15) is 22.7 Å². The molecule has 0 aliphatic rings. The van der Waals surface area contributed by atoms with Crippen LogP contribution in [0.1, 0.15) is 21.8 Å². The highest BCUT2D eigenvalue weighted by molar-refractivity contribution is 6.33. The first-order chi connectivity index (χ1) is 14.0. The minimum Gasteiger partial charge on any atom is -0.360 e. The Kier molecular flexibility index (Phi) is 5.14. The SMILES string of the molecule is Cc1onc(-c2ccccc2Cl)c1C(=O)NCc1cc(-c2ccccn2)nn1C. The molecule has 0 saturated heterocycles. The summed E-state index contributed by atoms with van der Waals surface area (Å²) in [5.41, 5.74) is 3.79. The third kappa shape index (κ3) is 3.77. The number of pyridine rings is 1. The molecule has 3 aromatic heterocycles. The lowest BCUT2D eigenvalue weighted by atomic mass is 10.1. The van der Waals surface area contributed by atoms with E-state index in [4.69, 9.17) is 16.1 Å². The zero-order chi connectivity index (χ0) is 20.4. The maximum absolute atomic E-state index is 12.9. The van der Waals surface area contributed by atoms with Gasteiger partial charge in [-0.05, 0) is 31.2 Å². The summed E-state index contributed by atoms with van der Waals surface area (Å²) in [5.74, 6) is 0.135. The van der Waals surface area contributed by atoms with Gasteiger partial charge in [0.25, 0.3) is 5.91 Å². The Bertz CT molecular complexity index is 1170. The summed E-state index contributed by atoms with van der Waals surface area (Å²) in [4.78, 5) is 17.2. The van der Waals surface area contributed by atoms with Crippen LogP contribution in [0.4, 0.5) is 0 Å². The number of halogens is 1. The number of nitrogens with zero attached hydrogens (tertiary/aromatic N) is 4. The summed E-state index contributed by atoms with van der Waals surface area (Å²) in [7, 11) is 1.83. The molecule has 3 heterocycles. The van der Waals surface area contributed by atoms with Gasteiger partial charge in [0, 0.05) is 18.8 Å². The topological polar surface area (TPSA) is 85.8 Å². The van der Waals surface area contributed by atoms with E-state index in [1.54, 1.807) is 29.9 Å². The number of rotatable bonds is 5. The molecule has 1 amide bonds. The Balaban J connectivity index is 1.56. The minimum absolute atomic E-state index is 0.292. The van der Waals surface area contributed by atoms with Crippen LogP contribution in [0.15, 0.2) is 59.3 Å². The van der Waals surface area contributed by atoms with Crippen LogP contribution < -0.4 is 5.32 Å². The van der Waals surface area contributed by atoms with E-state index in [1.807, 2.05) is 43.4 Å². The van der Waals surface area contributed by atoms with Crippen molar-refractivity contribution in [3.63, 3.8) is 0 Å². The fourth-order valence-corrected chi connectivity index (χ4v) is 3.27. The van der Waals surface area contributed by atoms with E-state index in [0.717, 1.165) is 17.1 Å². The zero-order valence-electron chi connectivity index (χ0n) is 15.9. The van der Waals surface area contributed by atoms with Gasteiger partial charge < -0.3 is 9.84 Å². The van der Waals surface area contributed by atoms with E-state index >= 15 is 0 Å². The van der Waals surface area contributed by atoms with Gasteiger partial charge in [0.2, 0.25) is 0 Å². The molecule has 0 spiro atoms. The molecule has 0 fully saturated rings. The van der Waals surface area contributed by atoms with Crippen molar-refractivity contribution in [3.8, 4) is 22.6 Å². The van der Waals surface area contributed by atoms with E-state index in [-0.39, 0.29) is 5.91 Å². The number of aromatic nitrogens is 4. The van der Waals surface area contributed by atoms with E-state index in [0.29, 0.717) is 34.1 Å². The molecule has 7 nitrogen and oxygen atoms in total. The summed E-state index contributed by atoms with van der Waals surface area (Å²) in [6.07, 6.45) is 1.72. The Morgan fingerprint density at radius 1 is 1.17 bits per heavy atom. The van der Waals surface area contributed by atoms with E-state index in [2.05, 4.69) is 20.6 Å². The highest BCUT2D eigenvalue weighted by Crippen LogP contribution is 2.31. The molecule has 1 aromatic carbocycles. The molecule has 0 unspecified atom stereocenters. The number of nitrogens with one attached hydrogen (secondary N) is 1. The van der Waals surface area contributed by atoms with Crippen molar-refractivity contribution in [1.82, 2.24) is 25.2 Å². The molecule has 0 bridgehead atoms. The molecule has 0 aliphatic heterocycles. The normalized spacial score (nSPS) is 10.9. The van der Waals surface area contributed by atoms with Gasteiger partial charge in [-0.25, -0.2) is 0 Å². The lowest BCUT2D eigenvalue weighted by Crippen LogP contribution is -2.24. The van der Waals surface area contributed by atoms with Crippen LogP contribution >= 0.6 is 11.6 Å². The van der Waals surface area contributed by atoms with Crippen LogP contribution in [-0.4, -0.2) is 25.8 Å². The van der Waals surface area contributed by atoms with Crippen molar-refractivity contribution in [1.29, 1.82) is 0 Å². The fourth-order valence-electron chi connectivity index (χ4n) is 3.05. The summed E-state index contributed by atoms with van der Waals surface area (Å²) in [6.45, 7) is 1.99. The maximum atomic E-state index is 12.9. The molecular weight excluding hydrogens is 390 g/mol. The number of hydrogen-bond acceptors (Lipinski definition) is 5. The van der Waals surface area contributed by atoms with Gasteiger partial charge in [-0.15, -0.1) is 0 Å². The minimum atomic E-state index is -0.292. The summed E-state index contributed by atoms with van der Waals surface area (Å²) < 4.78 is 6.99. The first-order valence-corrected chi connectivity index (χ1v) is 9.36. The van der Waals surface area contributed by atoms with Crippen LogP contribution in [-0.2, 0) is 13.6 Å². The van der Waals surface area contributed by atoms with Crippen LogP contribution in [0.25, 0.3) is 22.6 Å². The molecule has 0 aliphatic carbocycles. The Labute approximate surface area is 172 Å². The van der Waals surface area contributed by atoms with Gasteiger partial charge in [-0.3, -0.25) is 14.5 Å². The summed E-state index contributed by atoms with van der Waals surface area (Å²) in [6, 6.07) is 14.8. The third-order valence-electron chi connectivity index (χ3n) is 4.55. The van der Waals surface area contributed by atoms with Gasteiger partial charge in [0.15, 0.2) is 0 Å². The second-order valence-electron chi connectivity index (χ2n) is 6.48. The number of carbonyl (C=O) groups is 1. The molecule has 4 aromatic rings. The number of amides is 1. The van der Waals surface area contributed by atoms with Crippen molar-refractivity contribution in [2.24, 2.45) is 7.05 Å². The Hall–Kier alpha value is -3.45. The third-order valence-corrected chi connectivity index (χ3v) is 4.88. The zero-order valence-corrected chi connectivity index (χ0v) is 16.6. The smallest absolute Gasteiger partial charge is 0.257 e. The van der Waals surface area contributed by atoms with Crippen LogP contribution in [0.5, 0.6) is 0 Å². The van der Waals surface area contributed by atoms with Crippen molar-refractivity contribution in [2.45, 2.75) is 13.5 Å². The Morgan fingerprint density at radius 2 is 1.97 bits per heavy atom. The standard InChI is InChI=1S/C21H18ClN5O2/c1-13-19(20(26-29-13)15-7-3-4-8-16(15)22)21(28)24-12-14-11-18(25-27(14)2)17-9-5-6-10-23-17/h3-11H,12H2,1-2H3,(H,24,28). The molecule has 146 valence electrons. The highest BCUT2D eigenvalue weighted by Gasteiger charge is 2.23. The van der Waals surface area contributed by atoms with Gasteiger partial charge >= 0.3 is 0 Å². The van der Waals surface area contributed by atoms with Crippen LogP contribution in [0.3, 0.4) is 0 Å². The largest absolute Gasteiger partial charge is 0.360 e. The van der Waals surface area contributed by atoms with E-state index in [9.17, 15) is 4.79 Å². The van der Waals surface area contributed by atoms with Crippen LogP contribution in [0, 0.1) is 6.92 Å². The monoisotopic (exact) mass is 407 g/mol. The predicted molar refractivity (Wildman–Crippen MR) is 109 cm³/mol. The quantitative estimate of drug-likeness (QED) is 0.539. The second-order valence-corrected chi connectivity index (χ2v) is 6.89. The molecule has 29 heavy (non-hydrogen) atoms. The number of benzene rings is 1. The molecule has 1 N–H and O–H groups in total. The fraction of sp³-hybridized carbons (Fsp3) is 0.143. The summed E-state index contributed by atoms with van der Waals surface area (Å²) >= 11 is 6.27. The first-order valence-electron chi connectivity index (χ1n) is 8.98. The number of carbonyl (C=O) groups excluding carboxylic acids is 1.